The van der Waals surface area contributed by atoms with Crippen LogP contribution < -0.4 is 4.74 Å². The molecule has 0 fully saturated rings. The van der Waals surface area contributed by atoms with Crippen LogP contribution in [-0.4, -0.2) is 37.9 Å². The van der Waals surface area contributed by atoms with E-state index in [-0.39, 0.29) is 12.0 Å². The zero-order valence-electron chi connectivity index (χ0n) is 21.4. The zero-order chi connectivity index (χ0) is 24.9. The summed E-state index contributed by atoms with van der Waals surface area (Å²) in [4.78, 5) is 14.9. The highest BCUT2D eigenvalue weighted by Crippen LogP contribution is 2.27. The average Bonchev–Trinajstić information content (AvgIpc) is 3.24. The molecule has 7 heteroatoms. The summed E-state index contributed by atoms with van der Waals surface area (Å²) in [6.45, 7) is 12.9. The topological polar surface area (TPSA) is 60.2 Å². The third-order valence-electron chi connectivity index (χ3n) is 6.32. The standard InChI is InChI=1S/C28H36N4O2S/c1-19(2)16-32-27(21(5)34-25-12-10-22(11-13-25)20(3)4)29-30-28(32)35-18-26(33)31-15-14-23-8-6-7-9-24(23)17-31/h6-13,19-21H,14-18H2,1-5H3. The summed E-state index contributed by atoms with van der Waals surface area (Å²) in [7, 11) is 0. The summed E-state index contributed by atoms with van der Waals surface area (Å²) in [6.07, 6.45) is 0.655. The van der Waals surface area contributed by atoms with E-state index >= 15 is 0 Å². The Kier molecular flexibility index (Phi) is 8.16. The molecule has 35 heavy (non-hydrogen) atoms. The van der Waals surface area contributed by atoms with Crippen LogP contribution in [0.5, 0.6) is 5.75 Å². The average molecular weight is 493 g/mol. The molecule has 0 aliphatic carbocycles. The Labute approximate surface area is 213 Å². The van der Waals surface area contributed by atoms with Gasteiger partial charge in [0.1, 0.15) is 5.75 Å². The van der Waals surface area contributed by atoms with E-state index in [4.69, 9.17) is 4.74 Å². The van der Waals surface area contributed by atoms with Gasteiger partial charge in [-0.25, -0.2) is 0 Å². The lowest BCUT2D eigenvalue weighted by Crippen LogP contribution is -2.37. The van der Waals surface area contributed by atoms with Crippen LogP contribution in [0, 0.1) is 5.92 Å². The number of hydrogen-bond acceptors (Lipinski definition) is 5. The van der Waals surface area contributed by atoms with Crippen LogP contribution in [0.15, 0.2) is 53.7 Å². The summed E-state index contributed by atoms with van der Waals surface area (Å²) in [6, 6.07) is 16.6. The monoisotopic (exact) mass is 492 g/mol. The third kappa shape index (κ3) is 6.26. The third-order valence-corrected chi connectivity index (χ3v) is 7.28. The van der Waals surface area contributed by atoms with E-state index in [2.05, 4.69) is 72.8 Å². The first-order valence-electron chi connectivity index (χ1n) is 12.5. The minimum atomic E-state index is -0.255. The highest BCUT2D eigenvalue weighted by Gasteiger charge is 2.24. The molecule has 1 unspecified atom stereocenters. The summed E-state index contributed by atoms with van der Waals surface area (Å²) >= 11 is 1.46. The number of thioether (sulfide) groups is 1. The van der Waals surface area contributed by atoms with Gasteiger partial charge in [0.2, 0.25) is 5.91 Å². The summed E-state index contributed by atoms with van der Waals surface area (Å²) < 4.78 is 8.33. The molecule has 3 aromatic rings. The van der Waals surface area contributed by atoms with E-state index in [1.54, 1.807) is 0 Å². The first-order valence-corrected chi connectivity index (χ1v) is 13.5. The molecule has 186 valence electrons. The molecule has 1 amide bonds. The Balaban J connectivity index is 1.42. The fourth-order valence-corrected chi connectivity index (χ4v) is 5.22. The fraction of sp³-hybridized carbons (Fsp3) is 0.464. The van der Waals surface area contributed by atoms with Crippen LogP contribution in [0.1, 0.15) is 69.2 Å². The van der Waals surface area contributed by atoms with Gasteiger partial charge in [0.15, 0.2) is 17.1 Å². The highest BCUT2D eigenvalue weighted by molar-refractivity contribution is 7.99. The first kappa shape index (κ1) is 25.3. The Hall–Kier alpha value is -2.80. The van der Waals surface area contributed by atoms with Gasteiger partial charge in [0.05, 0.1) is 5.75 Å². The summed E-state index contributed by atoms with van der Waals surface area (Å²) in [5, 5.41) is 9.69. The maximum atomic E-state index is 13.0. The van der Waals surface area contributed by atoms with Crippen LogP contribution in [0.4, 0.5) is 0 Å². The van der Waals surface area contributed by atoms with E-state index < -0.39 is 0 Å². The molecule has 2 heterocycles. The maximum Gasteiger partial charge on any atom is 0.233 e. The molecule has 0 bridgehead atoms. The molecular formula is C28H36N4O2S. The van der Waals surface area contributed by atoms with Gasteiger partial charge >= 0.3 is 0 Å². The molecule has 0 saturated heterocycles. The Morgan fingerprint density at radius 3 is 2.40 bits per heavy atom. The van der Waals surface area contributed by atoms with Crippen molar-refractivity contribution in [1.82, 2.24) is 19.7 Å². The Morgan fingerprint density at radius 2 is 1.71 bits per heavy atom. The van der Waals surface area contributed by atoms with Crippen molar-refractivity contribution in [3.05, 3.63) is 71.0 Å². The van der Waals surface area contributed by atoms with E-state index in [1.807, 2.05) is 30.0 Å². The second-order valence-corrected chi connectivity index (χ2v) is 10.9. The van der Waals surface area contributed by atoms with Gasteiger partial charge in [0, 0.05) is 19.6 Å². The number of ether oxygens (including phenoxy) is 1. The van der Waals surface area contributed by atoms with Crippen molar-refractivity contribution >= 4 is 17.7 Å². The van der Waals surface area contributed by atoms with Gasteiger partial charge in [-0.05, 0) is 54.0 Å². The number of aromatic nitrogens is 3. The first-order chi connectivity index (χ1) is 16.8. The van der Waals surface area contributed by atoms with Crippen molar-refractivity contribution in [3.63, 3.8) is 0 Å². The molecule has 0 N–H and O–H groups in total. The molecule has 6 nitrogen and oxygen atoms in total. The van der Waals surface area contributed by atoms with Gasteiger partial charge in [-0.3, -0.25) is 4.79 Å². The molecule has 0 spiro atoms. The second-order valence-electron chi connectivity index (χ2n) is 9.95. The van der Waals surface area contributed by atoms with Crippen LogP contribution in [0.25, 0.3) is 0 Å². The quantitative estimate of drug-likeness (QED) is 0.349. The van der Waals surface area contributed by atoms with E-state index in [1.165, 1.54) is 28.5 Å². The number of fused-ring (bicyclic) bond motifs is 1. The minimum absolute atomic E-state index is 0.139. The van der Waals surface area contributed by atoms with E-state index in [0.717, 1.165) is 36.2 Å². The molecule has 2 aromatic carbocycles. The van der Waals surface area contributed by atoms with E-state index in [9.17, 15) is 4.79 Å². The van der Waals surface area contributed by atoms with Crippen molar-refractivity contribution < 1.29 is 9.53 Å². The molecule has 4 rings (SSSR count). The van der Waals surface area contributed by atoms with Gasteiger partial charge < -0.3 is 14.2 Å². The largest absolute Gasteiger partial charge is 0.483 e. The van der Waals surface area contributed by atoms with Gasteiger partial charge in [-0.15, -0.1) is 10.2 Å². The predicted octanol–water partition coefficient (Wildman–Crippen LogP) is 5.87. The number of benzene rings is 2. The van der Waals surface area contributed by atoms with Gasteiger partial charge in [0.25, 0.3) is 0 Å². The van der Waals surface area contributed by atoms with Crippen LogP contribution in [0.3, 0.4) is 0 Å². The lowest BCUT2D eigenvalue weighted by atomic mass is 10.00. The number of amides is 1. The molecule has 0 radical (unpaired) electrons. The van der Waals surface area contributed by atoms with Crippen molar-refractivity contribution in [2.24, 2.45) is 5.92 Å². The van der Waals surface area contributed by atoms with Crippen molar-refractivity contribution in [2.75, 3.05) is 12.3 Å². The van der Waals surface area contributed by atoms with Crippen molar-refractivity contribution in [1.29, 1.82) is 0 Å². The summed E-state index contributed by atoms with van der Waals surface area (Å²) in [5.41, 5.74) is 3.88. The predicted molar refractivity (Wildman–Crippen MR) is 141 cm³/mol. The maximum absolute atomic E-state index is 13.0. The number of carbonyl (C=O) groups is 1. The SMILES string of the molecule is CC(C)Cn1c(SCC(=O)N2CCc3ccccc3C2)nnc1C(C)Oc1ccc(C(C)C)cc1. The molecule has 1 aliphatic heterocycles. The fourth-order valence-electron chi connectivity index (χ4n) is 4.36. The molecule has 1 aromatic heterocycles. The lowest BCUT2D eigenvalue weighted by Gasteiger charge is -2.28. The zero-order valence-corrected chi connectivity index (χ0v) is 22.2. The van der Waals surface area contributed by atoms with Crippen LogP contribution >= 0.6 is 11.8 Å². The highest BCUT2D eigenvalue weighted by atomic mass is 32.2. The molecule has 0 saturated carbocycles. The van der Waals surface area contributed by atoms with Crippen molar-refractivity contribution in [3.8, 4) is 5.75 Å². The molecule has 1 atom stereocenters. The smallest absolute Gasteiger partial charge is 0.233 e. The van der Waals surface area contributed by atoms with Crippen LogP contribution in [-0.2, 0) is 24.3 Å². The number of rotatable bonds is 9. The van der Waals surface area contributed by atoms with Gasteiger partial charge in [-0.2, -0.15) is 0 Å². The van der Waals surface area contributed by atoms with Gasteiger partial charge in [-0.1, -0.05) is 75.9 Å². The Bertz CT molecular complexity index is 1140. The lowest BCUT2D eigenvalue weighted by molar-refractivity contribution is -0.129. The number of carbonyl (C=O) groups excluding carboxylic acids is 1. The van der Waals surface area contributed by atoms with Crippen molar-refractivity contribution in [2.45, 2.75) is 71.3 Å². The minimum Gasteiger partial charge on any atom is -0.483 e. The number of nitrogens with zero attached hydrogens (tertiary/aromatic N) is 4. The van der Waals surface area contributed by atoms with Crippen LogP contribution in [0.2, 0.25) is 0 Å². The molecule has 1 aliphatic rings. The second kappa shape index (κ2) is 11.3. The Morgan fingerprint density at radius 1 is 1.00 bits per heavy atom. The number of hydrogen-bond donors (Lipinski definition) is 0. The summed E-state index contributed by atoms with van der Waals surface area (Å²) in [5.74, 6) is 2.99. The van der Waals surface area contributed by atoms with E-state index in [0.29, 0.717) is 24.1 Å². The molecular weight excluding hydrogens is 456 g/mol. The normalized spacial score (nSPS) is 14.3.